The molecule has 3 rings (SSSR count). The Balaban J connectivity index is 1.61. The Bertz CT molecular complexity index is 974. The number of hydrogen-bond donors (Lipinski definition) is 4. The van der Waals surface area contributed by atoms with Crippen molar-refractivity contribution in [2.45, 2.75) is 12.5 Å². The Morgan fingerprint density at radius 2 is 1.70 bits per heavy atom. The lowest BCUT2D eigenvalue weighted by molar-refractivity contribution is 0.102. The molecule has 3 amide bonds. The van der Waals surface area contributed by atoms with Crippen molar-refractivity contribution >= 4 is 33.2 Å². The van der Waals surface area contributed by atoms with Crippen LogP contribution in [-0.2, 0) is 9.84 Å². The maximum Gasteiger partial charge on any atom is 0.319 e. The van der Waals surface area contributed by atoms with Crippen molar-refractivity contribution in [1.29, 1.82) is 0 Å². The molecule has 1 aliphatic heterocycles. The van der Waals surface area contributed by atoms with E-state index in [1.807, 2.05) is 0 Å². The van der Waals surface area contributed by atoms with E-state index in [9.17, 15) is 23.1 Å². The van der Waals surface area contributed by atoms with Crippen molar-refractivity contribution < 1.29 is 23.1 Å². The quantitative estimate of drug-likeness (QED) is 0.636. The number of rotatable bonds is 4. The van der Waals surface area contributed by atoms with Crippen LogP contribution in [0, 0.1) is 0 Å². The lowest BCUT2D eigenvalue weighted by atomic mass is 10.2. The van der Waals surface area contributed by atoms with Crippen molar-refractivity contribution in [3.63, 3.8) is 0 Å². The first-order valence-corrected chi connectivity index (χ1v) is 10.1. The molecule has 0 aromatic heterocycles. The molecule has 1 unspecified atom stereocenters. The lowest BCUT2D eigenvalue weighted by Gasteiger charge is -2.13. The maximum absolute atomic E-state index is 12.3. The SMILES string of the molecule is O=C(Nc1cccc(C(=O)Nc2cccc(O)c2)c1)NC1CCS(=O)(=O)C1. The minimum absolute atomic E-state index is 0.0359. The van der Waals surface area contributed by atoms with Gasteiger partial charge in [-0.3, -0.25) is 4.79 Å². The summed E-state index contributed by atoms with van der Waals surface area (Å²) in [6, 6.07) is 11.6. The zero-order valence-electron chi connectivity index (χ0n) is 14.3. The number of phenolic OH excluding ortho intramolecular Hbond substituents is 1. The van der Waals surface area contributed by atoms with E-state index in [-0.39, 0.29) is 17.3 Å². The van der Waals surface area contributed by atoms with Gasteiger partial charge in [0.25, 0.3) is 5.91 Å². The van der Waals surface area contributed by atoms with Crippen LogP contribution in [0.4, 0.5) is 16.2 Å². The van der Waals surface area contributed by atoms with Crippen LogP contribution >= 0.6 is 0 Å². The minimum atomic E-state index is -3.08. The van der Waals surface area contributed by atoms with Gasteiger partial charge in [-0.2, -0.15) is 0 Å². The summed E-state index contributed by atoms with van der Waals surface area (Å²) in [4.78, 5) is 24.4. The van der Waals surface area contributed by atoms with E-state index >= 15 is 0 Å². The summed E-state index contributed by atoms with van der Waals surface area (Å²) in [5.41, 5.74) is 1.16. The van der Waals surface area contributed by atoms with Crippen LogP contribution in [0.25, 0.3) is 0 Å². The van der Waals surface area contributed by atoms with Crippen LogP contribution < -0.4 is 16.0 Å². The molecule has 0 spiro atoms. The van der Waals surface area contributed by atoms with Gasteiger partial charge in [0, 0.05) is 29.0 Å². The van der Waals surface area contributed by atoms with Gasteiger partial charge in [0.2, 0.25) is 0 Å². The molecule has 2 aromatic rings. The summed E-state index contributed by atoms with van der Waals surface area (Å²) in [5.74, 6) is -0.351. The van der Waals surface area contributed by atoms with E-state index in [0.717, 1.165) is 0 Å². The third kappa shape index (κ3) is 5.20. The number of carbonyl (C=O) groups is 2. The van der Waals surface area contributed by atoms with Crippen molar-refractivity contribution in [1.82, 2.24) is 5.32 Å². The monoisotopic (exact) mass is 389 g/mol. The van der Waals surface area contributed by atoms with Gasteiger partial charge >= 0.3 is 6.03 Å². The second kappa shape index (κ2) is 7.67. The van der Waals surface area contributed by atoms with Gasteiger partial charge in [0.1, 0.15) is 5.75 Å². The Morgan fingerprint density at radius 1 is 1.00 bits per heavy atom. The lowest BCUT2D eigenvalue weighted by Crippen LogP contribution is -2.38. The highest BCUT2D eigenvalue weighted by Gasteiger charge is 2.28. The smallest absolute Gasteiger partial charge is 0.319 e. The highest BCUT2D eigenvalue weighted by atomic mass is 32.2. The van der Waals surface area contributed by atoms with Crippen LogP contribution in [-0.4, -0.2) is 43.0 Å². The van der Waals surface area contributed by atoms with E-state index < -0.39 is 27.8 Å². The zero-order chi connectivity index (χ0) is 19.4. The number of anilines is 2. The molecule has 2 aromatic carbocycles. The average Bonchev–Trinajstić information content (AvgIpc) is 2.93. The molecule has 1 atom stereocenters. The third-order valence-corrected chi connectivity index (χ3v) is 5.82. The molecule has 4 N–H and O–H groups in total. The topological polar surface area (TPSA) is 125 Å². The Hall–Kier alpha value is -3.07. The van der Waals surface area contributed by atoms with Gasteiger partial charge in [0.15, 0.2) is 9.84 Å². The number of sulfone groups is 1. The second-order valence-electron chi connectivity index (χ2n) is 6.28. The largest absolute Gasteiger partial charge is 0.508 e. The fraction of sp³-hybridized carbons (Fsp3) is 0.222. The molecule has 0 radical (unpaired) electrons. The standard InChI is InChI=1S/C18H19N3O5S/c22-16-6-2-5-14(10-16)19-17(23)12-3-1-4-13(9-12)20-18(24)21-15-7-8-27(25,26)11-15/h1-6,9-10,15,22H,7-8,11H2,(H,19,23)(H2,20,21,24). The van der Waals surface area contributed by atoms with Gasteiger partial charge < -0.3 is 21.1 Å². The number of benzene rings is 2. The fourth-order valence-corrected chi connectivity index (χ4v) is 4.46. The molecule has 1 heterocycles. The number of hydrogen-bond acceptors (Lipinski definition) is 5. The summed E-state index contributed by atoms with van der Waals surface area (Å²) in [6.07, 6.45) is 0.391. The number of carbonyl (C=O) groups excluding carboxylic acids is 2. The van der Waals surface area contributed by atoms with Crippen LogP contribution in [0.2, 0.25) is 0 Å². The molecule has 142 valence electrons. The number of phenols is 1. The van der Waals surface area contributed by atoms with Gasteiger partial charge in [0.05, 0.1) is 11.5 Å². The molecule has 1 fully saturated rings. The van der Waals surface area contributed by atoms with Gasteiger partial charge in [-0.15, -0.1) is 0 Å². The molecule has 9 heteroatoms. The van der Waals surface area contributed by atoms with E-state index in [2.05, 4.69) is 16.0 Å². The van der Waals surface area contributed by atoms with Crippen molar-refractivity contribution in [3.8, 4) is 5.75 Å². The molecular formula is C18H19N3O5S. The van der Waals surface area contributed by atoms with Crippen LogP contribution in [0.1, 0.15) is 16.8 Å². The van der Waals surface area contributed by atoms with Gasteiger partial charge in [-0.05, 0) is 36.8 Å². The molecule has 8 nitrogen and oxygen atoms in total. The van der Waals surface area contributed by atoms with Crippen LogP contribution in [0.5, 0.6) is 5.75 Å². The van der Waals surface area contributed by atoms with Crippen molar-refractivity contribution in [2.24, 2.45) is 0 Å². The van der Waals surface area contributed by atoms with E-state index in [4.69, 9.17) is 0 Å². The van der Waals surface area contributed by atoms with E-state index in [0.29, 0.717) is 23.4 Å². The summed E-state index contributed by atoms with van der Waals surface area (Å²) in [5, 5.41) is 17.3. The van der Waals surface area contributed by atoms with Gasteiger partial charge in [-0.25, -0.2) is 13.2 Å². The Morgan fingerprint density at radius 3 is 2.37 bits per heavy atom. The zero-order valence-corrected chi connectivity index (χ0v) is 15.1. The Labute approximate surface area is 156 Å². The summed E-state index contributed by atoms with van der Waals surface area (Å²) < 4.78 is 22.9. The summed E-state index contributed by atoms with van der Waals surface area (Å²) >= 11 is 0. The van der Waals surface area contributed by atoms with Crippen molar-refractivity contribution in [2.75, 3.05) is 22.1 Å². The number of amides is 3. The molecule has 0 aliphatic carbocycles. The number of nitrogens with one attached hydrogen (secondary N) is 3. The second-order valence-corrected chi connectivity index (χ2v) is 8.51. The minimum Gasteiger partial charge on any atom is -0.508 e. The molecular weight excluding hydrogens is 370 g/mol. The predicted octanol–water partition coefficient (Wildman–Crippen LogP) is 1.95. The highest BCUT2D eigenvalue weighted by Crippen LogP contribution is 2.18. The van der Waals surface area contributed by atoms with Crippen molar-refractivity contribution in [3.05, 3.63) is 54.1 Å². The molecule has 0 bridgehead atoms. The first kappa shape index (κ1) is 18.7. The van der Waals surface area contributed by atoms with E-state index in [1.165, 1.54) is 18.2 Å². The summed E-state index contributed by atoms with van der Waals surface area (Å²) in [7, 11) is -3.08. The highest BCUT2D eigenvalue weighted by molar-refractivity contribution is 7.91. The first-order valence-electron chi connectivity index (χ1n) is 8.29. The average molecular weight is 389 g/mol. The predicted molar refractivity (Wildman–Crippen MR) is 102 cm³/mol. The molecule has 1 aliphatic rings. The van der Waals surface area contributed by atoms with Crippen LogP contribution in [0.15, 0.2) is 48.5 Å². The van der Waals surface area contributed by atoms with E-state index in [1.54, 1.807) is 30.3 Å². The summed E-state index contributed by atoms with van der Waals surface area (Å²) in [6.45, 7) is 0. The first-order chi connectivity index (χ1) is 12.8. The fourth-order valence-electron chi connectivity index (χ4n) is 2.79. The maximum atomic E-state index is 12.3. The molecule has 0 saturated carbocycles. The Kier molecular flexibility index (Phi) is 5.31. The number of urea groups is 1. The van der Waals surface area contributed by atoms with Gasteiger partial charge in [-0.1, -0.05) is 12.1 Å². The third-order valence-electron chi connectivity index (χ3n) is 4.05. The molecule has 27 heavy (non-hydrogen) atoms. The van der Waals surface area contributed by atoms with Crippen LogP contribution in [0.3, 0.4) is 0 Å². The molecule has 1 saturated heterocycles. The normalized spacial score (nSPS) is 17.9. The number of aromatic hydroxyl groups is 1.